The van der Waals surface area contributed by atoms with Gasteiger partial charge in [0.15, 0.2) is 0 Å². The molecule has 1 fully saturated rings. The fraction of sp³-hybridized carbons (Fsp3) is 0.381. The lowest BCUT2D eigenvalue weighted by atomic mass is 10.0. The maximum Gasteiger partial charge on any atom is 0.273 e. The summed E-state index contributed by atoms with van der Waals surface area (Å²) < 4.78 is 0. The highest BCUT2D eigenvalue weighted by Crippen LogP contribution is 2.31. The van der Waals surface area contributed by atoms with Crippen LogP contribution in [0.1, 0.15) is 59.7 Å². The Balaban J connectivity index is 1.83. The number of nitro benzene ring substituents is 1. The molecule has 3 rings (SSSR count). The van der Waals surface area contributed by atoms with Crippen molar-refractivity contribution in [3.05, 3.63) is 74.8 Å². The lowest BCUT2D eigenvalue weighted by molar-refractivity contribution is -0.385. The first-order valence-electron chi connectivity index (χ1n) is 9.01. The minimum atomic E-state index is -0.432. The molecule has 5 nitrogen and oxygen atoms in total. The Hall–Kier alpha value is -2.69. The van der Waals surface area contributed by atoms with Crippen LogP contribution in [0.2, 0.25) is 0 Å². The molecule has 0 heterocycles. The van der Waals surface area contributed by atoms with Crippen LogP contribution in [0, 0.1) is 17.0 Å². The Kier molecular flexibility index (Phi) is 5.07. The molecule has 1 aliphatic rings. The zero-order chi connectivity index (χ0) is 18.8. The summed E-state index contributed by atoms with van der Waals surface area (Å²) in [5.41, 5.74) is 3.29. The van der Waals surface area contributed by atoms with E-state index < -0.39 is 4.92 Å². The van der Waals surface area contributed by atoms with E-state index in [0.717, 1.165) is 18.4 Å². The van der Waals surface area contributed by atoms with Crippen LogP contribution in [-0.4, -0.2) is 21.8 Å². The van der Waals surface area contributed by atoms with Crippen molar-refractivity contribution in [2.24, 2.45) is 0 Å². The van der Waals surface area contributed by atoms with Gasteiger partial charge in [0.25, 0.3) is 11.6 Å². The summed E-state index contributed by atoms with van der Waals surface area (Å²) in [6, 6.07) is 13.3. The number of carbonyl (C=O) groups is 1. The van der Waals surface area contributed by atoms with Gasteiger partial charge in [-0.2, -0.15) is 0 Å². The third kappa shape index (κ3) is 3.93. The second-order valence-electron chi connectivity index (χ2n) is 7.32. The molecule has 0 bridgehead atoms. The van der Waals surface area contributed by atoms with Crippen molar-refractivity contribution >= 4 is 11.6 Å². The number of nitrogens with zero attached hydrogens (tertiary/aromatic N) is 2. The third-order valence-corrected chi connectivity index (χ3v) is 4.90. The van der Waals surface area contributed by atoms with Crippen LogP contribution in [0.3, 0.4) is 0 Å². The lowest BCUT2D eigenvalue weighted by Crippen LogP contribution is -2.32. The molecule has 136 valence electrons. The Labute approximate surface area is 153 Å². The second kappa shape index (κ2) is 7.28. The largest absolute Gasteiger partial charge is 0.331 e. The Bertz CT molecular complexity index is 824. The SMILES string of the molecule is Cc1ccc(C(=O)N(Cc2ccc(C(C)C)cc2)C2CC2)cc1[N+](=O)[O-]. The van der Waals surface area contributed by atoms with Gasteiger partial charge in [-0.05, 0) is 42.9 Å². The van der Waals surface area contributed by atoms with Crippen LogP contribution in [0.15, 0.2) is 42.5 Å². The average Bonchev–Trinajstić information content (AvgIpc) is 3.44. The summed E-state index contributed by atoms with van der Waals surface area (Å²) in [7, 11) is 0. The highest BCUT2D eigenvalue weighted by atomic mass is 16.6. The fourth-order valence-electron chi connectivity index (χ4n) is 3.06. The molecular formula is C21H24N2O3. The fourth-order valence-corrected chi connectivity index (χ4v) is 3.06. The monoisotopic (exact) mass is 352 g/mol. The minimum absolute atomic E-state index is 0.00659. The Morgan fingerprint density at radius 1 is 1.19 bits per heavy atom. The first kappa shape index (κ1) is 18.1. The van der Waals surface area contributed by atoms with Gasteiger partial charge in [0.2, 0.25) is 0 Å². The van der Waals surface area contributed by atoms with Crippen LogP contribution in [-0.2, 0) is 6.54 Å². The molecule has 1 amide bonds. The smallest absolute Gasteiger partial charge is 0.273 e. The predicted octanol–water partition coefficient (Wildman–Crippen LogP) is 4.83. The first-order chi connectivity index (χ1) is 12.4. The summed E-state index contributed by atoms with van der Waals surface area (Å²) in [5, 5.41) is 11.2. The zero-order valence-electron chi connectivity index (χ0n) is 15.4. The first-order valence-corrected chi connectivity index (χ1v) is 9.01. The quantitative estimate of drug-likeness (QED) is 0.552. The van der Waals surface area contributed by atoms with Gasteiger partial charge < -0.3 is 4.90 Å². The number of carbonyl (C=O) groups excluding carboxylic acids is 1. The number of amides is 1. The Morgan fingerprint density at radius 3 is 2.38 bits per heavy atom. The van der Waals surface area contributed by atoms with Crippen molar-refractivity contribution in [1.82, 2.24) is 4.90 Å². The van der Waals surface area contributed by atoms with Crippen molar-refractivity contribution in [1.29, 1.82) is 0 Å². The Morgan fingerprint density at radius 2 is 1.85 bits per heavy atom. The summed E-state index contributed by atoms with van der Waals surface area (Å²) in [4.78, 5) is 25.6. The van der Waals surface area contributed by atoms with Gasteiger partial charge in [0.1, 0.15) is 0 Å². The van der Waals surface area contributed by atoms with E-state index in [1.54, 1.807) is 19.1 Å². The van der Waals surface area contributed by atoms with Crippen molar-refractivity contribution < 1.29 is 9.72 Å². The van der Waals surface area contributed by atoms with Crippen molar-refractivity contribution in [2.45, 2.75) is 52.1 Å². The molecule has 0 unspecified atom stereocenters. The standard InChI is InChI=1S/C21H24N2O3/c1-14(2)17-8-5-16(6-9-17)13-22(19-10-11-19)21(24)18-7-4-15(3)20(12-18)23(25)26/h4-9,12,14,19H,10-11,13H2,1-3H3. The molecule has 0 saturated heterocycles. The average molecular weight is 352 g/mol. The van der Waals surface area contributed by atoms with E-state index in [1.807, 2.05) is 4.90 Å². The maximum absolute atomic E-state index is 13.0. The summed E-state index contributed by atoms with van der Waals surface area (Å²) in [5.74, 6) is 0.335. The van der Waals surface area contributed by atoms with E-state index in [9.17, 15) is 14.9 Å². The van der Waals surface area contributed by atoms with Crippen LogP contribution >= 0.6 is 0 Å². The highest BCUT2D eigenvalue weighted by Gasteiger charge is 2.33. The van der Waals surface area contributed by atoms with Crippen LogP contribution < -0.4 is 0 Å². The molecule has 0 spiro atoms. The van der Waals surface area contributed by atoms with E-state index >= 15 is 0 Å². The van der Waals surface area contributed by atoms with Gasteiger partial charge in [-0.15, -0.1) is 0 Å². The number of rotatable bonds is 6. The van der Waals surface area contributed by atoms with Gasteiger partial charge in [0, 0.05) is 29.8 Å². The van der Waals surface area contributed by atoms with Gasteiger partial charge in [-0.1, -0.05) is 44.2 Å². The number of hydrogen-bond acceptors (Lipinski definition) is 3. The third-order valence-electron chi connectivity index (χ3n) is 4.90. The van der Waals surface area contributed by atoms with Gasteiger partial charge in [-0.25, -0.2) is 0 Å². The van der Waals surface area contributed by atoms with Crippen molar-refractivity contribution in [3.63, 3.8) is 0 Å². The normalized spacial score (nSPS) is 13.7. The maximum atomic E-state index is 13.0. The molecule has 1 aliphatic carbocycles. The van der Waals surface area contributed by atoms with Crippen molar-refractivity contribution in [3.8, 4) is 0 Å². The molecule has 0 atom stereocenters. The number of benzene rings is 2. The molecule has 0 aliphatic heterocycles. The molecule has 1 saturated carbocycles. The van der Waals surface area contributed by atoms with Crippen LogP contribution in [0.25, 0.3) is 0 Å². The predicted molar refractivity (Wildman–Crippen MR) is 101 cm³/mol. The van der Waals surface area contributed by atoms with Crippen LogP contribution in [0.5, 0.6) is 0 Å². The lowest BCUT2D eigenvalue weighted by Gasteiger charge is -2.23. The summed E-state index contributed by atoms with van der Waals surface area (Å²) in [6.45, 7) is 6.52. The van der Waals surface area contributed by atoms with Gasteiger partial charge in [0.05, 0.1) is 4.92 Å². The zero-order valence-corrected chi connectivity index (χ0v) is 15.4. The minimum Gasteiger partial charge on any atom is -0.331 e. The van der Waals surface area contributed by atoms with Crippen LogP contribution in [0.4, 0.5) is 5.69 Å². The number of nitro groups is 1. The molecule has 0 radical (unpaired) electrons. The molecule has 2 aromatic carbocycles. The molecule has 2 aromatic rings. The molecule has 26 heavy (non-hydrogen) atoms. The second-order valence-corrected chi connectivity index (χ2v) is 7.32. The topological polar surface area (TPSA) is 63.5 Å². The van der Waals surface area contributed by atoms with Gasteiger partial charge >= 0.3 is 0 Å². The molecule has 0 aromatic heterocycles. The highest BCUT2D eigenvalue weighted by molar-refractivity contribution is 5.95. The molecular weight excluding hydrogens is 328 g/mol. The summed E-state index contributed by atoms with van der Waals surface area (Å²) in [6.07, 6.45) is 1.98. The molecule has 5 heteroatoms. The van der Waals surface area contributed by atoms with Gasteiger partial charge in [-0.3, -0.25) is 14.9 Å². The number of hydrogen-bond donors (Lipinski definition) is 0. The van der Waals surface area contributed by atoms with E-state index in [0.29, 0.717) is 23.6 Å². The van der Waals surface area contributed by atoms with E-state index in [1.165, 1.54) is 11.6 Å². The van der Waals surface area contributed by atoms with E-state index in [4.69, 9.17) is 0 Å². The molecule has 0 N–H and O–H groups in total. The van der Waals surface area contributed by atoms with Crippen molar-refractivity contribution in [2.75, 3.05) is 0 Å². The number of aryl methyl sites for hydroxylation is 1. The van der Waals surface area contributed by atoms with E-state index in [-0.39, 0.29) is 17.6 Å². The van der Waals surface area contributed by atoms with E-state index in [2.05, 4.69) is 38.1 Å². The summed E-state index contributed by atoms with van der Waals surface area (Å²) >= 11 is 0.